The number of benzene rings is 2. The third kappa shape index (κ3) is 6.23. The Hall–Kier alpha value is -1.89. The van der Waals surface area contributed by atoms with Gasteiger partial charge in [0, 0.05) is 35.0 Å². The van der Waals surface area contributed by atoms with Crippen molar-refractivity contribution >= 4 is 39.3 Å². The van der Waals surface area contributed by atoms with E-state index in [9.17, 15) is 9.59 Å². The zero-order valence-corrected chi connectivity index (χ0v) is 23.8. The maximum Gasteiger partial charge on any atom is 0.229 e. The van der Waals surface area contributed by atoms with Gasteiger partial charge in [-0.2, -0.15) is 0 Å². The van der Waals surface area contributed by atoms with Gasteiger partial charge in [0.2, 0.25) is 11.8 Å². The Balaban J connectivity index is 1.16. The first-order chi connectivity index (χ1) is 17.9. The summed E-state index contributed by atoms with van der Waals surface area (Å²) in [5.41, 5.74) is 1.97. The monoisotopic (exact) mass is 585 g/mol. The first-order valence-electron chi connectivity index (χ1n) is 13.7. The van der Waals surface area contributed by atoms with Crippen molar-refractivity contribution in [1.82, 2.24) is 15.1 Å². The average Bonchev–Trinajstić information content (AvgIpc) is 3.55. The zero-order chi connectivity index (χ0) is 25.8. The Bertz CT molecular complexity index is 1090. The summed E-state index contributed by atoms with van der Waals surface area (Å²) >= 11 is 10.0. The summed E-state index contributed by atoms with van der Waals surface area (Å²) in [4.78, 5) is 30.9. The summed E-state index contributed by atoms with van der Waals surface area (Å²) in [6, 6.07) is 16.0. The van der Waals surface area contributed by atoms with Crippen LogP contribution in [0.5, 0.6) is 0 Å². The molecule has 1 aliphatic carbocycles. The highest BCUT2D eigenvalue weighted by Crippen LogP contribution is 2.42. The molecule has 37 heavy (non-hydrogen) atoms. The maximum atomic E-state index is 13.4. The number of hydrogen-bond donors (Lipinski definition) is 1. The van der Waals surface area contributed by atoms with Crippen LogP contribution in [-0.2, 0) is 16.1 Å². The topological polar surface area (TPSA) is 52.7 Å². The maximum absolute atomic E-state index is 13.4. The van der Waals surface area contributed by atoms with Gasteiger partial charge < -0.3 is 15.1 Å². The molecule has 1 unspecified atom stereocenters. The molecule has 3 fully saturated rings. The summed E-state index contributed by atoms with van der Waals surface area (Å²) in [5.74, 6) is 0.629. The van der Waals surface area contributed by atoms with E-state index in [0.29, 0.717) is 17.5 Å². The normalized spacial score (nSPS) is 21.0. The fraction of sp³-hybridized carbons (Fsp3) is 0.533. The van der Waals surface area contributed by atoms with Crippen LogP contribution >= 0.6 is 27.5 Å². The first kappa shape index (κ1) is 26.7. The fourth-order valence-corrected chi connectivity index (χ4v) is 6.91. The molecule has 1 atom stereocenters. The van der Waals surface area contributed by atoms with Gasteiger partial charge >= 0.3 is 0 Å². The molecule has 2 heterocycles. The van der Waals surface area contributed by atoms with E-state index >= 15 is 0 Å². The van der Waals surface area contributed by atoms with Crippen molar-refractivity contribution in [2.75, 3.05) is 26.2 Å². The summed E-state index contributed by atoms with van der Waals surface area (Å²) in [6.07, 6.45) is 7.86. The fourth-order valence-electron chi connectivity index (χ4n) is 6.37. The molecule has 2 aliphatic heterocycles. The van der Waals surface area contributed by atoms with Gasteiger partial charge in [0.1, 0.15) is 0 Å². The number of halogens is 2. The number of amides is 2. The largest absolute Gasteiger partial charge is 0.349 e. The molecule has 2 aromatic carbocycles. The van der Waals surface area contributed by atoms with Crippen LogP contribution in [0.4, 0.5) is 0 Å². The Morgan fingerprint density at radius 2 is 1.70 bits per heavy atom. The minimum atomic E-state index is -0.204. The Labute approximate surface area is 234 Å². The van der Waals surface area contributed by atoms with Crippen molar-refractivity contribution in [2.45, 2.75) is 64.0 Å². The standard InChI is InChI=1S/C30H37BrClN3O2/c31-24-11-9-22(10-12-24)21-35-20-16-30(29(35)37)14-18-34(19-15-30)17-13-27(25-7-3-4-8-26(25)32)33-28(36)23-5-1-2-6-23/h3-4,7-12,23,27H,1-2,5-6,13-21H2,(H,33,36). The molecular weight excluding hydrogens is 550 g/mol. The minimum Gasteiger partial charge on any atom is -0.349 e. The van der Waals surface area contributed by atoms with Gasteiger partial charge in [-0.15, -0.1) is 0 Å². The smallest absolute Gasteiger partial charge is 0.229 e. The molecule has 0 aromatic heterocycles. The molecule has 198 valence electrons. The van der Waals surface area contributed by atoms with E-state index in [-0.39, 0.29) is 23.3 Å². The van der Waals surface area contributed by atoms with Gasteiger partial charge in [-0.05, 0) is 80.9 Å². The van der Waals surface area contributed by atoms with Gasteiger partial charge in [-0.25, -0.2) is 0 Å². The zero-order valence-electron chi connectivity index (χ0n) is 21.4. The predicted molar refractivity (Wildman–Crippen MR) is 151 cm³/mol. The number of nitrogens with one attached hydrogen (secondary N) is 1. The summed E-state index contributed by atoms with van der Waals surface area (Å²) in [5, 5.41) is 4.04. The Morgan fingerprint density at radius 3 is 2.41 bits per heavy atom. The van der Waals surface area contributed by atoms with Crippen LogP contribution in [0.2, 0.25) is 5.02 Å². The summed E-state index contributed by atoms with van der Waals surface area (Å²) in [6.45, 7) is 4.26. The quantitative estimate of drug-likeness (QED) is 0.392. The van der Waals surface area contributed by atoms with E-state index in [1.807, 2.05) is 41.3 Å². The van der Waals surface area contributed by atoms with E-state index in [2.05, 4.69) is 38.3 Å². The molecule has 7 heteroatoms. The van der Waals surface area contributed by atoms with E-state index < -0.39 is 0 Å². The van der Waals surface area contributed by atoms with Crippen molar-refractivity contribution in [2.24, 2.45) is 11.3 Å². The van der Waals surface area contributed by atoms with Crippen molar-refractivity contribution in [3.8, 4) is 0 Å². The number of likely N-dealkylation sites (tertiary alicyclic amines) is 2. The second-order valence-electron chi connectivity index (χ2n) is 11.1. The molecule has 1 spiro atoms. The molecule has 1 N–H and O–H groups in total. The van der Waals surface area contributed by atoms with Crippen LogP contribution in [0.3, 0.4) is 0 Å². The van der Waals surface area contributed by atoms with Gasteiger partial charge in [0.05, 0.1) is 11.5 Å². The SMILES string of the molecule is O=C(NC(CCN1CCC2(CC1)CCN(Cc1ccc(Br)cc1)C2=O)c1ccccc1Cl)C1CCCC1. The number of carbonyl (C=O) groups excluding carboxylic acids is 2. The number of hydrogen-bond acceptors (Lipinski definition) is 3. The van der Waals surface area contributed by atoms with E-state index in [0.717, 1.165) is 87.6 Å². The molecule has 5 nitrogen and oxygen atoms in total. The van der Waals surface area contributed by atoms with Crippen LogP contribution in [0.15, 0.2) is 53.0 Å². The van der Waals surface area contributed by atoms with Crippen molar-refractivity contribution in [1.29, 1.82) is 0 Å². The van der Waals surface area contributed by atoms with E-state index in [1.54, 1.807) is 0 Å². The second kappa shape index (κ2) is 11.9. The lowest BCUT2D eigenvalue weighted by Gasteiger charge is -2.38. The van der Waals surface area contributed by atoms with E-state index in [1.165, 1.54) is 5.56 Å². The second-order valence-corrected chi connectivity index (χ2v) is 12.4. The van der Waals surface area contributed by atoms with Crippen LogP contribution in [-0.4, -0.2) is 47.8 Å². The highest BCUT2D eigenvalue weighted by atomic mass is 79.9. The lowest BCUT2D eigenvalue weighted by atomic mass is 9.77. The molecule has 2 amide bonds. The van der Waals surface area contributed by atoms with Crippen molar-refractivity contribution in [3.05, 3.63) is 69.2 Å². The Kier molecular flexibility index (Phi) is 8.57. The molecule has 2 aromatic rings. The van der Waals surface area contributed by atoms with Crippen LogP contribution in [0.1, 0.15) is 68.5 Å². The lowest BCUT2D eigenvalue weighted by Crippen LogP contribution is -2.45. The highest BCUT2D eigenvalue weighted by Gasteiger charge is 2.47. The number of piperidine rings is 1. The number of carbonyl (C=O) groups is 2. The van der Waals surface area contributed by atoms with Crippen molar-refractivity contribution in [3.63, 3.8) is 0 Å². The number of rotatable bonds is 8. The van der Waals surface area contributed by atoms with Crippen LogP contribution < -0.4 is 5.32 Å². The van der Waals surface area contributed by atoms with Gasteiger partial charge in [-0.3, -0.25) is 9.59 Å². The summed E-state index contributed by atoms with van der Waals surface area (Å²) in [7, 11) is 0. The van der Waals surface area contributed by atoms with Gasteiger partial charge in [0.25, 0.3) is 0 Å². The third-order valence-electron chi connectivity index (χ3n) is 8.76. The van der Waals surface area contributed by atoms with Crippen molar-refractivity contribution < 1.29 is 9.59 Å². The Morgan fingerprint density at radius 1 is 1.03 bits per heavy atom. The van der Waals surface area contributed by atoms with Crippen LogP contribution in [0.25, 0.3) is 0 Å². The minimum absolute atomic E-state index is 0.0906. The third-order valence-corrected chi connectivity index (χ3v) is 9.63. The molecule has 0 radical (unpaired) electrons. The molecule has 0 bridgehead atoms. The predicted octanol–water partition coefficient (Wildman–Crippen LogP) is 6.35. The average molecular weight is 587 g/mol. The molecule has 1 saturated carbocycles. The molecular formula is C30H37BrClN3O2. The molecule has 3 aliphatic rings. The highest BCUT2D eigenvalue weighted by molar-refractivity contribution is 9.10. The van der Waals surface area contributed by atoms with Crippen LogP contribution in [0, 0.1) is 11.3 Å². The lowest BCUT2D eigenvalue weighted by molar-refractivity contribution is -0.139. The van der Waals surface area contributed by atoms with E-state index in [4.69, 9.17) is 11.6 Å². The molecule has 2 saturated heterocycles. The molecule has 5 rings (SSSR count). The van der Waals surface area contributed by atoms with Gasteiger partial charge in [0.15, 0.2) is 0 Å². The van der Waals surface area contributed by atoms with Gasteiger partial charge in [-0.1, -0.05) is 70.7 Å². The number of nitrogens with zero attached hydrogens (tertiary/aromatic N) is 2. The summed E-state index contributed by atoms with van der Waals surface area (Å²) < 4.78 is 1.06. The first-order valence-corrected chi connectivity index (χ1v) is 14.9.